The van der Waals surface area contributed by atoms with E-state index in [-0.39, 0.29) is 28.9 Å². The first-order valence-corrected chi connectivity index (χ1v) is 8.68. The number of carbonyl (C=O) groups is 1. The van der Waals surface area contributed by atoms with E-state index in [4.69, 9.17) is 11.6 Å². The average Bonchev–Trinajstić information content (AvgIpc) is 2.92. The van der Waals surface area contributed by atoms with Crippen LogP contribution in [0.5, 0.6) is 0 Å². The van der Waals surface area contributed by atoms with Crippen LogP contribution < -0.4 is 0 Å². The van der Waals surface area contributed by atoms with Gasteiger partial charge in [-0.2, -0.15) is 5.10 Å². The van der Waals surface area contributed by atoms with Crippen LogP contribution in [-0.2, 0) is 6.54 Å². The Labute approximate surface area is 161 Å². The lowest BCUT2D eigenvalue weighted by atomic mass is 10.1. The number of halogens is 3. The number of hydrogen-bond donors (Lipinski definition) is 0. The van der Waals surface area contributed by atoms with Crippen molar-refractivity contribution < 1.29 is 13.6 Å². The summed E-state index contributed by atoms with van der Waals surface area (Å²) in [6, 6.07) is 10.3. The summed E-state index contributed by atoms with van der Waals surface area (Å²) in [6.45, 7) is 3.52. The fourth-order valence-electron chi connectivity index (χ4n) is 2.97. The highest BCUT2D eigenvalue weighted by atomic mass is 35.5. The minimum Gasteiger partial charge on any atom is -0.337 e. The number of benzene rings is 2. The Hall–Kier alpha value is -2.73. The van der Waals surface area contributed by atoms with Gasteiger partial charge < -0.3 is 4.90 Å². The van der Waals surface area contributed by atoms with E-state index in [1.54, 1.807) is 43.8 Å². The van der Waals surface area contributed by atoms with Crippen LogP contribution in [0.3, 0.4) is 0 Å². The molecule has 0 atom stereocenters. The van der Waals surface area contributed by atoms with Crippen molar-refractivity contribution in [3.63, 3.8) is 0 Å². The molecule has 140 valence electrons. The van der Waals surface area contributed by atoms with Gasteiger partial charge in [0.05, 0.1) is 22.6 Å². The van der Waals surface area contributed by atoms with Crippen molar-refractivity contribution in [2.45, 2.75) is 20.4 Å². The fraction of sp³-hybridized carbons (Fsp3) is 0.200. The molecule has 27 heavy (non-hydrogen) atoms. The van der Waals surface area contributed by atoms with Crippen molar-refractivity contribution in [1.82, 2.24) is 14.7 Å². The Morgan fingerprint density at radius 1 is 1.15 bits per heavy atom. The number of carbonyl (C=O) groups excluding carboxylic acids is 1. The van der Waals surface area contributed by atoms with Gasteiger partial charge in [0.15, 0.2) is 0 Å². The molecule has 0 spiro atoms. The van der Waals surface area contributed by atoms with E-state index >= 15 is 0 Å². The van der Waals surface area contributed by atoms with Crippen LogP contribution in [0.25, 0.3) is 5.69 Å². The van der Waals surface area contributed by atoms with Crippen molar-refractivity contribution in [2.75, 3.05) is 7.05 Å². The highest BCUT2D eigenvalue weighted by molar-refractivity contribution is 6.31. The second-order valence-electron chi connectivity index (χ2n) is 6.30. The summed E-state index contributed by atoms with van der Waals surface area (Å²) in [4.78, 5) is 14.4. The summed E-state index contributed by atoms with van der Waals surface area (Å²) in [5, 5.41) is 4.67. The molecule has 0 aliphatic heterocycles. The number of aromatic nitrogens is 2. The SMILES string of the molecule is Cc1nn(-c2ccc(F)cc2)c(C)c1C(=O)N(C)Cc1c(F)cccc1Cl. The minimum atomic E-state index is -0.461. The van der Waals surface area contributed by atoms with Crippen molar-refractivity contribution in [3.05, 3.63) is 81.6 Å². The summed E-state index contributed by atoms with van der Waals surface area (Å²) in [7, 11) is 1.58. The molecule has 0 aliphatic carbocycles. The zero-order valence-electron chi connectivity index (χ0n) is 15.1. The number of nitrogens with zero attached hydrogens (tertiary/aromatic N) is 3. The van der Waals surface area contributed by atoms with Gasteiger partial charge in [0.2, 0.25) is 0 Å². The molecule has 1 amide bonds. The van der Waals surface area contributed by atoms with E-state index in [1.807, 2.05) is 0 Å². The third-order valence-corrected chi connectivity index (χ3v) is 4.73. The molecule has 0 aliphatic rings. The molecule has 4 nitrogen and oxygen atoms in total. The van der Waals surface area contributed by atoms with Gasteiger partial charge in [0.25, 0.3) is 5.91 Å². The van der Waals surface area contributed by atoms with Gasteiger partial charge in [-0.1, -0.05) is 17.7 Å². The van der Waals surface area contributed by atoms with Crippen LogP contribution in [0.2, 0.25) is 5.02 Å². The van der Waals surface area contributed by atoms with Gasteiger partial charge in [-0.25, -0.2) is 13.5 Å². The maximum absolute atomic E-state index is 14.0. The molecule has 0 fully saturated rings. The van der Waals surface area contributed by atoms with Gasteiger partial charge in [0, 0.05) is 24.2 Å². The zero-order valence-corrected chi connectivity index (χ0v) is 15.9. The molecule has 0 unspecified atom stereocenters. The second-order valence-corrected chi connectivity index (χ2v) is 6.70. The predicted molar refractivity (Wildman–Crippen MR) is 100 cm³/mol. The molecule has 0 saturated carbocycles. The molecule has 3 rings (SSSR count). The van der Waals surface area contributed by atoms with Crippen LogP contribution >= 0.6 is 11.6 Å². The molecule has 1 aromatic heterocycles. The second kappa shape index (κ2) is 7.48. The lowest BCUT2D eigenvalue weighted by molar-refractivity contribution is 0.0782. The Morgan fingerprint density at radius 2 is 1.81 bits per heavy atom. The molecule has 0 saturated heterocycles. The first-order valence-electron chi connectivity index (χ1n) is 8.30. The molecule has 3 aromatic rings. The number of hydrogen-bond acceptors (Lipinski definition) is 2. The monoisotopic (exact) mass is 389 g/mol. The number of aryl methyl sites for hydroxylation is 1. The molecular formula is C20H18ClF2N3O. The highest BCUT2D eigenvalue weighted by Gasteiger charge is 2.23. The van der Waals surface area contributed by atoms with Gasteiger partial charge in [-0.05, 0) is 50.2 Å². The van der Waals surface area contributed by atoms with E-state index < -0.39 is 5.82 Å². The average molecular weight is 390 g/mol. The summed E-state index contributed by atoms with van der Waals surface area (Å²) >= 11 is 6.06. The van der Waals surface area contributed by atoms with Gasteiger partial charge in [-0.15, -0.1) is 0 Å². The largest absolute Gasteiger partial charge is 0.337 e. The van der Waals surface area contributed by atoms with Gasteiger partial charge in [-0.3, -0.25) is 4.79 Å². The van der Waals surface area contributed by atoms with Gasteiger partial charge in [0.1, 0.15) is 11.6 Å². The zero-order chi connectivity index (χ0) is 19.7. The first-order chi connectivity index (χ1) is 12.8. The third kappa shape index (κ3) is 3.71. The maximum atomic E-state index is 14.0. The van der Waals surface area contributed by atoms with Crippen LogP contribution in [0, 0.1) is 25.5 Å². The Kier molecular flexibility index (Phi) is 5.28. The van der Waals surface area contributed by atoms with Crippen LogP contribution in [0.1, 0.15) is 27.3 Å². The van der Waals surface area contributed by atoms with Gasteiger partial charge >= 0.3 is 0 Å². The van der Waals surface area contributed by atoms with E-state index in [2.05, 4.69) is 5.10 Å². The molecular weight excluding hydrogens is 372 g/mol. The van der Waals surface area contributed by atoms with Crippen molar-refractivity contribution in [1.29, 1.82) is 0 Å². The van der Waals surface area contributed by atoms with Crippen LogP contribution in [0.15, 0.2) is 42.5 Å². The van der Waals surface area contributed by atoms with E-state index in [1.165, 1.54) is 29.2 Å². The molecule has 1 heterocycles. The van der Waals surface area contributed by atoms with Crippen molar-refractivity contribution >= 4 is 17.5 Å². The van der Waals surface area contributed by atoms with Crippen LogP contribution in [-0.4, -0.2) is 27.6 Å². The van der Waals surface area contributed by atoms with E-state index in [9.17, 15) is 13.6 Å². The highest BCUT2D eigenvalue weighted by Crippen LogP contribution is 2.23. The van der Waals surface area contributed by atoms with E-state index in [0.717, 1.165) is 0 Å². The Balaban J connectivity index is 1.92. The molecule has 0 radical (unpaired) electrons. The molecule has 0 bridgehead atoms. The molecule has 7 heteroatoms. The predicted octanol–water partition coefficient (Wildman–Crippen LogP) is 4.69. The van der Waals surface area contributed by atoms with Crippen LogP contribution in [0.4, 0.5) is 8.78 Å². The topological polar surface area (TPSA) is 38.1 Å². The van der Waals surface area contributed by atoms with Crippen molar-refractivity contribution in [3.8, 4) is 5.69 Å². The maximum Gasteiger partial charge on any atom is 0.257 e. The number of amides is 1. The third-order valence-electron chi connectivity index (χ3n) is 4.38. The minimum absolute atomic E-state index is 0.0327. The van der Waals surface area contributed by atoms with Crippen molar-refractivity contribution in [2.24, 2.45) is 0 Å². The summed E-state index contributed by atoms with van der Waals surface area (Å²) in [5.41, 5.74) is 2.49. The molecule has 2 aromatic carbocycles. The first kappa shape index (κ1) is 19.0. The summed E-state index contributed by atoms with van der Waals surface area (Å²) in [6.07, 6.45) is 0. The Morgan fingerprint density at radius 3 is 2.44 bits per heavy atom. The normalized spacial score (nSPS) is 10.9. The quantitative estimate of drug-likeness (QED) is 0.649. The smallest absolute Gasteiger partial charge is 0.257 e. The van der Waals surface area contributed by atoms with E-state index in [0.29, 0.717) is 22.6 Å². The fourth-order valence-corrected chi connectivity index (χ4v) is 3.19. The molecule has 0 N–H and O–H groups in total. The lowest BCUT2D eigenvalue weighted by Gasteiger charge is -2.19. The standard InChI is InChI=1S/C20H18ClF2N3O/c1-12-19(13(2)26(24-12)15-9-7-14(22)8-10-15)20(27)25(3)11-16-17(21)5-4-6-18(16)23/h4-10H,11H2,1-3H3. The lowest BCUT2D eigenvalue weighted by Crippen LogP contribution is -2.27. The summed E-state index contributed by atoms with van der Waals surface area (Å²) < 4.78 is 28.8. The Bertz CT molecular complexity index is 979. The number of rotatable bonds is 4. The summed E-state index contributed by atoms with van der Waals surface area (Å²) in [5.74, 6) is -1.10.